The van der Waals surface area contributed by atoms with E-state index in [0.29, 0.717) is 12.8 Å². The predicted octanol–water partition coefficient (Wildman–Crippen LogP) is 5.68. The molecule has 0 radical (unpaired) electrons. The van der Waals surface area contributed by atoms with E-state index in [-0.39, 0.29) is 17.5 Å². The van der Waals surface area contributed by atoms with Crippen LogP contribution in [0.2, 0.25) is 0 Å². The number of hydrogen-bond acceptors (Lipinski definition) is 3. The fourth-order valence-electron chi connectivity index (χ4n) is 5.16. The molecule has 148 valence electrons. The fraction of sp³-hybridized carbons (Fsp3) is 0.520. The SMILES string of the molecule is CCCCCCN1C2=C(C(=O)CCC2)C(c2ccccc2)C2=C1CCCC2=O. The molecule has 1 aromatic rings. The Balaban J connectivity index is 1.81. The van der Waals surface area contributed by atoms with E-state index < -0.39 is 0 Å². The van der Waals surface area contributed by atoms with Gasteiger partial charge in [-0.05, 0) is 37.7 Å². The van der Waals surface area contributed by atoms with E-state index in [2.05, 4.69) is 24.0 Å². The molecule has 3 nitrogen and oxygen atoms in total. The molecule has 0 fully saturated rings. The van der Waals surface area contributed by atoms with Gasteiger partial charge in [-0.25, -0.2) is 0 Å². The van der Waals surface area contributed by atoms with Gasteiger partial charge in [0.25, 0.3) is 0 Å². The lowest BCUT2D eigenvalue weighted by Crippen LogP contribution is -2.39. The Hall–Kier alpha value is -2.16. The van der Waals surface area contributed by atoms with Gasteiger partial charge >= 0.3 is 0 Å². The molecule has 0 saturated carbocycles. The standard InChI is InChI=1S/C25H31NO2/c1-2-3-4-8-17-26-19-13-9-15-21(27)24(19)23(18-11-6-5-7-12-18)25-20(26)14-10-16-22(25)28/h5-7,11-12,23H,2-4,8-10,13-17H2,1H3. The van der Waals surface area contributed by atoms with E-state index in [1.165, 1.54) is 30.7 Å². The minimum absolute atomic E-state index is 0.154. The quantitative estimate of drug-likeness (QED) is 0.599. The third kappa shape index (κ3) is 3.47. The van der Waals surface area contributed by atoms with Crippen LogP contribution in [-0.4, -0.2) is 23.0 Å². The van der Waals surface area contributed by atoms with Crippen molar-refractivity contribution in [3.8, 4) is 0 Å². The molecule has 1 aliphatic heterocycles. The van der Waals surface area contributed by atoms with Gasteiger partial charge in [-0.2, -0.15) is 0 Å². The van der Waals surface area contributed by atoms with Crippen molar-refractivity contribution in [1.82, 2.24) is 4.90 Å². The summed E-state index contributed by atoms with van der Waals surface area (Å²) in [6.45, 7) is 3.17. The van der Waals surface area contributed by atoms with Gasteiger partial charge in [-0.3, -0.25) is 9.59 Å². The first kappa shape index (κ1) is 19.2. The number of carbonyl (C=O) groups is 2. The normalized spacial score (nSPS) is 20.5. The predicted molar refractivity (Wildman–Crippen MR) is 112 cm³/mol. The molecule has 2 aliphatic carbocycles. The molecule has 1 heterocycles. The number of rotatable bonds is 6. The topological polar surface area (TPSA) is 37.4 Å². The smallest absolute Gasteiger partial charge is 0.161 e. The molecule has 0 saturated heterocycles. The van der Waals surface area contributed by atoms with E-state index in [1.54, 1.807) is 0 Å². The zero-order valence-corrected chi connectivity index (χ0v) is 17.0. The van der Waals surface area contributed by atoms with Crippen LogP contribution < -0.4 is 0 Å². The molecule has 0 aromatic heterocycles. The lowest BCUT2D eigenvalue weighted by atomic mass is 9.71. The molecular formula is C25H31NO2. The Kier molecular flexibility index (Phi) is 5.79. The van der Waals surface area contributed by atoms with Crippen LogP contribution in [0.5, 0.6) is 0 Å². The summed E-state index contributed by atoms with van der Waals surface area (Å²) in [5, 5.41) is 0. The summed E-state index contributed by atoms with van der Waals surface area (Å²) in [6.07, 6.45) is 9.81. The van der Waals surface area contributed by atoms with E-state index >= 15 is 0 Å². The first-order valence-electron chi connectivity index (χ1n) is 11.1. The van der Waals surface area contributed by atoms with Gasteiger partial charge < -0.3 is 4.90 Å². The maximum Gasteiger partial charge on any atom is 0.161 e. The van der Waals surface area contributed by atoms with Crippen molar-refractivity contribution in [3.05, 3.63) is 58.4 Å². The van der Waals surface area contributed by atoms with Gasteiger partial charge in [0.2, 0.25) is 0 Å². The van der Waals surface area contributed by atoms with Gasteiger partial charge in [-0.15, -0.1) is 0 Å². The summed E-state index contributed by atoms with van der Waals surface area (Å²) in [4.78, 5) is 28.6. The Morgan fingerprint density at radius 3 is 2.00 bits per heavy atom. The van der Waals surface area contributed by atoms with Crippen molar-refractivity contribution in [1.29, 1.82) is 0 Å². The number of nitrogens with zero attached hydrogens (tertiary/aromatic N) is 1. The number of Topliss-reactive ketones (excluding diaryl/α,β-unsaturated/α-hetero) is 2. The van der Waals surface area contributed by atoms with Gasteiger partial charge in [0.05, 0.1) is 0 Å². The lowest BCUT2D eigenvalue weighted by molar-refractivity contribution is -0.117. The van der Waals surface area contributed by atoms with E-state index in [4.69, 9.17) is 0 Å². The van der Waals surface area contributed by atoms with Crippen molar-refractivity contribution in [2.75, 3.05) is 6.54 Å². The minimum Gasteiger partial charge on any atom is -0.348 e. The Labute approximate surface area is 168 Å². The summed E-state index contributed by atoms with van der Waals surface area (Å²) in [5.74, 6) is 0.343. The van der Waals surface area contributed by atoms with Crippen LogP contribution in [0.25, 0.3) is 0 Å². The van der Waals surface area contributed by atoms with E-state index in [0.717, 1.165) is 55.4 Å². The zero-order valence-electron chi connectivity index (χ0n) is 17.0. The third-order valence-electron chi connectivity index (χ3n) is 6.45. The molecule has 4 rings (SSSR count). The number of carbonyl (C=O) groups excluding carboxylic acids is 2. The van der Waals surface area contributed by atoms with E-state index in [9.17, 15) is 9.59 Å². The molecule has 28 heavy (non-hydrogen) atoms. The fourth-order valence-corrected chi connectivity index (χ4v) is 5.16. The highest BCUT2D eigenvalue weighted by Gasteiger charge is 2.42. The monoisotopic (exact) mass is 377 g/mol. The first-order valence-corrected chi connectivity index (χ1v) is 11.1. The third-order valence-corrected chi connectivity index (χ3v) is 6.45. The van der Waals surface area contributed by atoms with Crippen LogP contribution in [0, 0.1) is 0 Å². The molecular weight excluding hydrogens is 346 g/mol. The summed E-state index contributed by atoms with van der Waals surface area (Å²) < 4.78 is 0. The summed E-state index contributed by atoms with van der Waals surface area (Å²) >= 11 is 0. The van der Waals surface area contributed by atoms with Gasteiger partial charge in [0.15, 0.2) is 11.6 Å². The Morgan fingerprint density at radius 2 is 1.43 bits per heavy atom. The van der Waals surface area contributed by atoms with Crippen LogP contribution in [0.1, 0.15) is 82.6 Å². The molecule has 3 heteroatoms. The number of benzene rings is 1. The maximum atomic E-state index is 13.1. The molecule has 3 aliphatic rings. The average molecular weight is 378 g/mol. The lowest BCUT2D eigenvalue weighted by Gasteiger charge is -2.44. The highest BCUT2D eigenvalue weighted by atomic mass is 16.1. The molecule has 0 unspecified atom stereocenters. The summed E-state index contributed by atoms with van der Waals surface area (Å²) in [5.41, 5.74) is 5.37. The van der Waals surface area contributed by atoms with Crippen molar-refractivity contribution >= 4 is 11.6 Å². The summed E-state index contributed by atoms with van der Waals surface area (Å²) in [7, 11) is 0. The van der Waals surface area contributed by atoms with Gasteiger partial charge in [-0.1, -0.05) is 56.5 Å². The first-order chi connectivity index (χ1) is 13.7. The van der Waals surface area contributed by atoms with Crippen LogP contribution in [0.4, 0.5) is 0 Å². The minimum atomic E-state index is -0.154. The molecule has 0 atom stereocenters. The zero-order chi connectivity index (χ0) is 19.5. The molecule has 1 aromatic carbocycles. The number of ketones is 2. The van der Waals surface area contributed by atoms with Gasteiger partial charge in [0, 0.05) is 47.8 Å². The van der Waals surface area contributed by atoms with Crippen LogP contribution in [0.15, 0.2) is 52.9 Å². The largest absolute Gasteiger partial charge is 0.348 e. The van der Waals surface area contributed by atoms with Crippen LogP contribution in [-0.2, 0) is 9.59 Å². The highest BCUT2D eigenvalue weighted by molar-refractivity contribution is 6.06. The molecule has 0 spiro atoms. The second-order valence-corrected chi connectivity index (χ2v) is 8.33. The summed E-state index contributed by atoms with van der Waals surface area (Å²) in [6, 6.07) is 10.2. The number of allylic oxidation sites excluding steroid dienone is 4. The second kappa shape index (κ2) is 8.46. The molecule has 0 bridgehead atoms. The van der Waals surface area contributed by atoms with Crippen molar-refractivity contribution < 1.29 is 9.59 Å². The average Bonchev–Trinajstić information content (AvgIpc) is 2.72. The number of unbranched alkanes of at least 4 members (excludes halogenated alkanes) is 3. The van der Waals surface area contributed by atoms with Crippen LogP contribution >= 0.6 is 0 Å². The Morgan fingerprint density at radius 1 is 0.821 bits per heavy atom. The second-order valence-electron chi connectivity index (χ2n) is 8.33. The van der Waals surface area contributed by atoms with Crippen molar-refractivity contribution in [2.24, 2.45) is 0 Å². The van der Waals surface area contributed by atoms with Crippen molar-refractivity contribution in [3.63, 3.8) is 0 Å². The Bertz CT molecular complexity index is 774. The van der Waals surface area contributed by atoms with Gasteiger partial charge in [0.1, 0.15) is 0 Å². The molecule has 0 N–H and O–H groups in total. The highest BCUT2D eigenvalue weighted by Crippen LogP contribution is 2.49. The molecule has 0 amide bonds. The number of hydrogen-bond donors (Lipinski definition) is 0. The van der Waals surface area contributed by atoms with Crippen LogP contribution in [0.3, 0.4) is 0 Å². The van der Waals surface area contributed by atoms with E-state index in [1.807, 2.05) is 18.2 Å². The maximum absolute atomic E-state index is 13.1. The van der Waals surface area contributed by atoms with Crippen molar-refractivity contribution in [2.45, 2.75) is 77.0 Å².